The molecule has 0 bridgehead atoms. The molecule has 2 aromatic rings. The van der Waals surface area contributed by atoms with Crippen molar-refractivity contribution in [1.29, 1.82) is 0 Å². The molecule has 1 aliphatic carbocycles. The van der Waals surface area contributed by atoms with E-state index in [1.807, 2.05) is 31.0 Å². The van der Waals surface area contributed by atoms with Crippen LogP contribution in [0, 0.1) is 18.3 Å². The molecule has 0 radical (unpaired) electrons. The summed E-state index contributed by atoms with van der Waals surface area (Å²) in [5.74, 6) is 0.303. The van der Waals surface area contributed by atoms with E-state index < -0.39 is 0 Å². The van der Waals surface area contributed by atoms with Crippen LogP contribution in [0.25, 0.3) is 0 Å². The van der Waals surface area contributed by atoms with Crippen molar-refractivity contribution >= 4 is 17.5 Å². The SMILES string of the molecule is Cc1nonc1CN(C)C(=O)C1CC12CCN(C(=O)c1ccc(N3CCCC3)cc1)CC2. The molecule has 1 spiro atoms. The molecule has 170 valence electrons. The minimum absolute atomic E-state index is 0.0460. The number of aromatic nitrogens is 2. The van der Waals surface area contributed by atoms with E-state index in [2.05, 4.69) is 27.3 Å². The number of benzene rings is 1. The summed E-state index contributed by atoms with van der Waals surface area (Å²) < 4.78 is 4.74. The molecule has 2 amide bonds. The van der Waals surface area contributed by atoms with Crippen molar-refractivity contribution in [3.05, 3.63) is 41.2 Å². The molecule has 8 heteroatoms. The monoisotopic (exact) mass is 437 g/mol. The molecule has 1 aromatic heterocycles. The molecule has 1 unspecified atom stereocenters. The molecule has 3 heterocycles. The lowest BCUT2D eigenvalue weighted by Crippen LogP contribution is -2.40. The molecule has 32 heavy (non-hydrogen) atoms. The number of rotatable bonds is 5. The van der Waals surface area contributed by atoms with Gasteiger partial charge in [0.2, 0.25) is 5.91 Å². The fourth-order valence-corrected chi connectivity index (χ4v) is 5.34. The maximum Gasteiger partial charge on any atom is 0.253 e. The van der Waals surface area contributed by atoms with Crippen molar-refractivity contribution in [3.8, 4) is 0 Å². The van der Waals surface area contributed by atoms with E-state index in [0.29, 0.717) is 25.3 Å². The number of nitrogens with zero attached hydrogens (tertiary/aromatic N) is 5. The molecular formula is C24H31N5O3. The Labute approximate surface area is 188 Å². The van der Waals surface area contributed by atoms with Gasteiger partial charge in [-0.3, -0.25) is 9.59 Å². The van der Waals surface area contributed by atoms with Gasteiger partial charge < -0.3 is 14.7 Å². The minimum Gasteiger partial charge on any atom is -0.372 e. The first kappa shape index (κ1) is 21.0. The molecule has 2 saturated heterocycles. The summed E-state index contributed by atoms with van der Waals surface area (Å²) in [5, 5.41) is 7.66. The molecule has 0 N–H and O–H groups in total. The fraction of sp³-hybridized carbons (Fsp3) is 0.583. The maximum absolute atomic E-state index is 13.0. The molecular weight excluding hydrogens is 406 g/mol. The van der Waals surface area contributed by atoms with Crippen molar-refractivity contribution in [3.63, 3.8) is 0 Å². The Hall–Kier alpha value is -2.90. The van der Waals surface area contributed by atoms with Crippen molar-refractivity contribution < 1.29 is 14.2 Å². The van der Waals surface area contributed by atoms with Crippen LogP contribution in [0.15, 0.2) is 28.9 Å². The lowest BCUT2D eigenvalue weighted by molar-refractivity contribution is -0.133. The lowest BCUT2D eigenvalue weighted by atomic mass is 9.90. The largest absolute Gasteiger partial charge is 0.372 e. The molecule has 3 fully saturated rings. The standard InChI is InChI=1S/C24H31N5O3/c1-17-21(26-32-25-17)16-27(2)23(31)20-15-24(20)9-13-29(14-10-24)22(30)18-5-7-19(8-6-18)28-11-3-4-12-28/h5-8,20H,3-4,9-16H2,1-2H3. The van der Waals surface area contributed by atoms with E-state index in [1.165, 1.54) is 18.5 Å². The number of hydrogen-bond donors (Lipinski definition) is 0. The van der Waals surface area contributed by atoms with Gasteiger partial charge >= 0.3 is 0 Å². The number of amides is 2. The first-order valence-electron chi connectivity index (χ1n) is 11.6. The number of carbonyl (C=O) groups is 2. The van der Waals surface area contributed by atoms with Gasteiger partial charge in [-0.2, -0.15) is 0 Å². The van der Waals surface area contributed by atoms with Gasteiger partial charge in [0.05, 0.1) is 6.54 Å². The summed E-state index contributed by atoms with van der Waals surface area (Å²) in [6.07, 6.45) is 5.18. The van der Waals surface area contributed by atoms with Crippen LogP contribution in [0.2, 0.25) is 0 Å². The third kappa shape index (κ3) is 3.87. The molecule has 2 aliphatic heterocycles. The second-order valence-corrected chi connectivity index (χ2v) is 9.64. The Morgan fingerprint density at radius 3 is 2.41 bits per heavy atom. The minimum atomic E-state index is 0.0460. The van der Waals surface area contributed by atoms with Gasteiger partial charge in [0.15, 0.2) is 0 Å². The lowest BCUT2D eigenvalue weighted by Gasteiger charge is -2.33. The zero-order valence-electron chi connectivity index (χ0n) is 18.9. The van der Waals surface area contributed by atoms with E-state index >= 15 is 0 Å². The normalized spacial score (nSPS) is 21.8. The van der Waals surface area contributed by atoms with Crippen LogP contribution in [0.3, 0.4) is 0 Å². The summed E-state index contributed by atoms with van der Waals surface area (Å²) in [6, 6.07) is 8.06. The Bertz CT molecular complexity index is 987. The van der Waals surface area contributed by atoms with Crippen molar-refractivity contribution in [2.24, 2.45) is 11.3 Å². The summed E-state index contributed by atoms with van der Waals surface area (Å²) in [6.45, 7) is 5.88. The predicted molar refractivity (Wildman–Crippen MR) is 119 cm³/mol. The van der Waals surface area contributed by atoms with Crippen LogP contribution < -0.4 is 4.90 Å². The third-order valence-corrected chi connectivity index (χ3v) is 7.63. The average Bonchev–Trinajstić information content (AvgIpc) is 3.14. The van der Waals surface area contributed by atoms with Crippen LogP contribution >= 0.6 is 0 Å². The first-order chi connectivity index (χ1) is 15.5. The fourth-order valence-electron chi connectivity index (χ4n) is 5.34. The summed E-state index contributed by atoms with van der Waals surface area (Å²) in [4.78, 5) is 32.0. The van der Waals surface area contributed by atoms with Crippen molar-refractivity contribution in [2.75, 3.05) is 38.1 Å². The second kappa shape index (κ2) is 8.22. The van der Waals surface area contributed by atoms with Gasteiger partial charge in [-0.05, 0) is 68.7 Å². The van der Waals surface area contributed by atoms with Gasteiger partial charge in [0.25, 0.3) is 5.91 Å². The topological polar surface area (TPSA) is 82.8 Å². The summed E-state index contributed by atoms with van der Waals surface area (Å²) in [7, 11) is 1.81. The van der Waals surface area contributed by atoms with E-state index in [9.17, 15) is 9.59 Å². The number of anilines is 1. The molecule has 8 nitrogen and oxygen atoms in total. The highest BCUT2D eigenvalue weighted by Gasteiger charge is 2.59. The molecule has 3 aliphatic rings. The van der Waals surface area contributed by atoms with E-state index in [-0.39, 0.29) is 23.1 Å². The highest BCUT2D eigenvalue weighted by molar-refractivity contribution is 5.94. The number of carbonyl (C=O) groups excluding carboxylic acids is 2. The van der Waals surface area contributed by atoms with Gasteiger partial charge in [0.1, 0.15) is 11.4 Å². The number of aryl methyl sites for hydroxylation is 1. The smallest absolute Gasteiger partial charge is 0.253 e. The van der Waals surface area contributed by atoms with Gasteiger partial charge in [-0.15, -0.1) is 0 Å². The number of piperidine rings is 1. The Morgan fingerprint density at radius 2 is 1.78 bits per heavy atom. The number of likely N-dealkylation sites (tertiary alicyclic amines) is 1. The molecule has 5 rings (SSSR count). The maximum atomic E-state index is 13.0. The van der Waals surface area contributed by atoms with Crippen LogP contribution in [0.5, 0.6) is 0 Å². The van der Waals surface area contributed by atoms with Crippen molar-refractivity contribution in [2.45, 2.75) is 45.6 Å². The van der Waals surface area contributed by atoms with Gasteiger partial charge in [0, 0.05) is 50.4 Å². The molecule has 1 aromatic carbocycles. The third-order valence-electron chi connectivity index (χ3n) is 7.63. The highest BCUT2D eigenvalue weighted by atomic mass is 16.6. The quantitative estimate of drug-likeness (QED) is 0.715. The van der Waals surface area contributed by atoms with Crippen LogP contribution in [-0.2, 0) is 11.3 Å². The average molecular weight is 438 g/mol. The number of hydrogen-bond acceptors (Lipinski definition) is 6. The van der Waals surface area contributed by atoms with E-state index in [4.69, 9.17) is 4.63 Å². The zero-order valence-corrected chi connectivity index (χ0v) is 18.9. The predicted octanol–water partition coefficient (Wildman–Crippen LogP) is 2.88. The van der Waals surface area contributed by atoms with Gasteiger partial charge in [-0.1, -0.05) is 10.3 Å². The summed E-state index contributed by atoms with van der Waals surface area (Å²) in [5.41, 5.74) is 3.43. The van der Waals surface area contributed by atoms with Crippen LogP contribution in [0.1, 0.15) is 53.8 Å². The first-order valence-corrected chi connectivity index (χ1v) is 11.6. The van der Waals surface area contributed by atoms with Crippen LogP contribution in [-0.4, -0.2) is 65.2 Å². The van der Waals surface area contributed by atoms with Gasteiger partial charge in [-0.25, -0.2) is 4.63 Å². The zero-order chi connectivity index (χ0) is 22.3. The highest BCUT2D eigenvalue weighted by Crippen LogP contribution is 2.60. The van der Waals surface area contributed by atoms with E-state index in [1.54, 1.807) is 4.90 Å². The second-order valence-electron chi connectivity index (χ2n) is 9.64. The van der Waals surface area contributed by atoms with E-state index in [0.717, 1.165) is 43.6 Å². The Balaban J connectivity index is 1.14. The van der Waals surface area contributed by atoms with Crippen molar-refractivity contribution in [1.82, 2.24) is 20.1 Å². The van der Waals surface area contributed by atoms with Crippen LogP contribution in [0.4, 0.5) is 5.69 Å². The molecule has 1 saturated carbocycles. The Morgan fingerprint density at radius 1 is 1.09 bits per heavy atom. The molecule has 1 atom stereocenters. The Kier molecular flexibility index (Phi) is 5.39. The summed E-state index contributed by atoms with van der Waals surface area (Å²) >= 11 is 0.